The standard InChI is InChI=1S/C22H25N3O2S/c1-25(15-17-7-4-3-5-8-17)14-6-13-23-21(26)20-16-28-22(24-20)18-9-11-19(27-2)12-10-18/h3-5,7-12,16H,6,13-15H2,1-2H3,(H,23,26). The van der Waals surface area contributed by atoms with E-state index >= 15 is 0 Å². The van der Waals surface area contributed by atoms with Crippen LogP contribution in [0.5, 0.6) is 5.75 Å². The predicted octanol–water partition coefficient (Wildman–Crippen LogP) is 4.07. The fourth-order valence-corrected chi connectivity index (χ4v) is 3.67. The quantitative estimate of drug-likeness (QED) is 0.555. The highest BCUT2D eigenvalue weighted by Gasteiger charge is 2.11. The van der Waals surface area contributed by atoms with E-state index in [1.807, 2.05) is 30.3 Å². The number of nitrogens with one attached hydrogen (secondary N) is 1. The van der Waals surface area contributed by atoms with Gasteiger partial charge in [0.1, 0.15) is 16.5 Å². The highest BCUT2D eigenvalue weighted by atomic mass is 32.1. The number of methoxy groups -OCH3 is 1. The van der Waals surface area contributed by atoms with Crippen molar-refractivity contribution in [2.45, 2.75) is 13.0 Å². The lowest BCUT2D eigenvalue weighted by molar-refractivity contribution is 0.0947. The molecule has 1 aromatic heterocycles. The smallest absolute Gasteiger partial charge is 0.270 e. The Hall–Kier alpha value is -2.70. The number of nitrogens with zero attached hydrogens (tertiary/aromatic N) is 2. The molecule has 6 heteroatoms. The molecular weight excluding hydrogens is 370 g/mol. The molecule has 0 unspecified atom stereocenters. The molecule has 0 atom stereocenters. The van der Waals surface area contributed by atoms with Gasteiger partial charge in [0, 0.05) is 24.0 Å². The number of rotatable bonds is 9. The molecular formula is C22H25N3O2S. The molecule has 1 heterocycles. The van der Waals surface area contributed by atoms with Crippen molar-refractivity contribution in [2.24, 2.45) is 0 Å². The number of amides is 1. The maximum atomic E-state index is 12.3. The zero-order chi connectivity index (χ0) is 19.8. The third-order valence-electron chi connectivity index (χ3n) is 4.37. The molecule has 5 nitrogen and oxygen atoms in total. The van der Waals surface area contributed by atoms with Gasteiger partial charge < -0.3 is 15.0 Å². The lowest BCUT2D eigenvalue weighted by atomic mass is 10.2. The predicted molar refractivity (Wildman–Crippen MR) is 114 cm³/mol. The summed E-state index contributed by atoms with van der Waals surface area (Å²) < 4.78 is 5.17. The highest BCUT2D eigenvalue weighted by molar-refractivity contribution is 7.13. The SMILES string of the molecule is COc1ccc(-c2nc(C(=O)NCCCN(C)Cc3ccccc3)cs2)cc1. The molecule has 1 N–H and O–H groups in total. The Kier molecular flexibility index (Phi) is 7.17. The Morgan fingerprint density at radius 3 is 2.61 bits per heavy atom. The van der Waals surface area contributed by atoms with E-state index in [2.05, 4.69) is 46.5 Å². The molecule has 1 amide bonds. The molecule has 0 radical (unpaired) electrons. The molecule has 3 rings (SSSR count). The van der Waals surface area contributed by atoms with Gasteiger partial charge in [-0.2, -0.15) is 0 Å². The van der Waals surface area contributed by atoms with E-state index in [4.69, 9.17) is 4.74 Å². The maximum Gasteiger partial charge on any atom is 0.270 e. The van der Waals surface area contributed by atoms with Crippen molar-refractivity contribution >= 4 is 17.2 Å². The molecule has 3 aromatic rings. The van der Waals surface area contributed by atoms with Gasteiger partial charge in [0.25, 0.3) is 5.91 Å². The summed E-state index contributed by atoms with van der Waals surface area (Å²) in [6, 6.07) is 18.1. The zero-order valence-corrected chi connectivity index (χ0v) is 17.0. The summed E-state index contributed by atoms with van der Waals surface area (Å²) in [7, 11) is 3.73. The molecule has 0 aliphatic carbocycles. The summed E-state index contributed by atoms with van der Waals surface area (Å²) >= 11 is 1.47. The van der Waals surface area contributed by atoms with E-state index in [0.717, 1.165) is 35.8 Å². The lowest BCUT2D eigenvalue weighted by Gasteiger charge is -2.16. The minimum absolute atomic E-state index is 0.123. The Morgan fingerprint density at radius 1 is 1.14 bits per heavy atom. The summed E-state index contributed by atoms with van der Waals surface area (Å²) in [5.74, 6) is 0.678. The number of hydrogen-bond donors (Lipinski definition) is 1. The first kappa shape index (κ1) is 20.0. The summed E-state index contributed by atoms with van der Waals surface area (Å²) in [6.45, 7) is 2.46. The number of thiazole rings is 1. The van der Waals surface area contributed by atoms with Crippen LogP contribution in [0.25, 0.3) is 10.6 Å². The first-order chi connectivity index (χ1) is 13.7. The van der Waals surface area contributed by atoms with Gasteiger partial charge in [-0.05, 0) is 49.8 Å². The van der Waals surface area contributed by atoms with Crippen molar-refractivity contribution in [3.8, 4) is 16.3 Å². The number of benzene rings is 2. The average Bonchev–Trinajstić information content (AvgIpc) is 3.22. The van der Waals surface area contributed by atoms with Crippen molar-refractivity contribution in [1.29, 1.82) is 0 Å². The number of carbonyl (C=O) groups excluding carboxylic acids is 1. The van der Waals surface area contributed by atoms with Crippen LogP contribution in [-0.2, 0) is 6.54 Å². The van der Waals surface area contributed by atoms with Crippen LogP contribution in [0.4, 0.5) is 0 Å². The molecule has 28 heavy (non-hydrogen) atoms. The molecule has 2 aromatic carbocycles. The third-order valence-corrected chi connectivity index (χ3v) is 5.26. The minimum Gasteiger partial charge on any atom is -0.497 e. The molecule has 146 valence electrons. The topological polar surface area (TPSA) is 54.5 Å². The van der Waals surface area contributed by atoms with Gasteiger partial charge in [-0.25, -0.2) is 4.98 Å². The Balaban J connectivity index is 1.43. The average molecular weight is 396 g/mol. The van der Waals surface area contributed by atoms with Crippen molar-refractivity contribution in [3.63, 3.8) is 0 Å². The molecule has 0 fully saturated rings. The van der Waals surface area contributed by atoms with Crippen LogP contribution in [0, 0.1) is 0 Å². The van der Waals surface area contributed by atoms with Crippen molar-refractivity contribution in [2.75, 3.05) is 27.2 Å². The van der Waals surface area contributed by atoms with Gasteiger partial charge >= 0.3 is 0 Å². The fraction of sp³-hybridized carbons (Fsp3) is 0.273. The molecule has 0 aliphatic rings. The van der Waals surface area contributed by atoms with Crippen LogP contribution >= 0.6 is 11.3 Å². The van der Waals surface area contributed by atoms with E-state index in [1.54, 1.807) is 12.5 Å². The Morgan fingerprint density at radius 2 is 1.89 bits per heavy atom. The van der Waals surface area contributed by atoms with E-state index in [9.17, 15) is 4.79 Å². The monoisotopic (exact) mass is 395 g/mol. The van der Waals surface area contributed by atoms with Gasteiger partial charge in [-0.3, -0.25) is 4.79 Å². The van der Waals surface area contributed by atoms with Crippen molar-refractivity contribution in [3.05, 3.63) is 71.2 Å². The normalized spacial score (nSPS) is 10.8. The number of ether oxygens (including phenoxy) is 1. The van der Waals surface area contributed by atoms with Crippen molar-refractivity contribution < 1.29 is 9.53 Å². The van der Waals surface area contributed by atoms with Crippen LogP contribution in [-0.4, -0.2) is 43.0 Å². The van der Waals surface area contributed by atoms with Gasteiger partial charge in [0.05, 0.1) is 7.11 Å². The van der Waals surface area contributed by atoms with Gasteiger partial charge in [0.2, 0.25) is 0 Å². The molecule has 0 spiro atoms. The van der Waals surface area contributed by atoms with Crippen LogP contribution in [0.1, 0.15) is 22.5 Å². The van der Waals surface area contributed by atoms with Crippen LogP contribution in [0.3, 0.4) is 0 Å². The lowest BCUT2D eigenvalue weighted by Crippen LogP contribution is -2.28. The van der Waals surface area contributed by atoms with E-state index < -0.39 is 0 Å². The van der Waals surface area contributed by atoms with Gasteiger partial charge in [-0.1, -0.05) is 30.3 Å². The summed E-state index contributed by atoms with van der Waals surface area (Å²) in [5.41, 5.74) is 2.74. The van der Waals surface area contributed by atoms with Gasteiger partial charge in [0.15, 0.2) is 0 Å². The third kappa shape index (κ3) is 5.65. The second-order valence-corrected chi connectivity index (χ2v) is 7.46. The van der Waals surface area contributed by atoms with E-state index in [0.29, 0.717) is 12.2 Å². The van der Waals surface area contributed by atoms with Gasteiger partial charge in [-0.15, -0.1) is 11.3 Å². The largest absolute Gasteiger partial charge is 0.497 e. The fourth-order valence-electron chi connectivity index (χ4n) is 2.86. The number of aromatic nitrogens is 1. The summed E-state index contributed by atoms with van der Waals surface area (Å²) in [5, 5.41) is 5.59. The number of hydrogen-bond acceptors (Lipinski definition) is 5. The number of carbonyl (C=O) groups is 1. The van der Waals surface area contributed by atoms with E-state index in [1.165, 1.54) is 16.9 Å². The molecule has 0 saturated heterocycles. The second-order valence-electron chi connectivity index (χ2n) is 6.60. The molecule has 0 bridgehead atoms. The Labute approximate surface area is 170 Å². The molecule has 0 aliphatic heterocycles. The van der Waals surface area contributed by atoms with Crippen LogP contribution in [0.2, 0.25) is 0 Å². The first-order valence-electron chi connectivity index (χ1n) is 9.26. The second kappa shape index (κ2) is 10.0. The summed E-state index contributed by atoms with van der Waals surface area (Å²) in [4.78, 5) is 19.0. The first-order valence-corrected chi connectivity index (χ1v) is 10.1. The van der Waals surface area contributed by atoms with Crippen molar-refractivity contribution in [1.82, 2.24) is 15.2 Å². The van der Waals surface area contributed by atoms with E-state index in [-0.39, 0.29) is 5.91 Å². The highest BCUT2D eigenvalue weighted by Crippen LogP contribution is 2.25. The maximum absolute atomic E-state index is 12.3. The van der Waals surface area contributed by atoms with Crippen LogP contribution in [0.15, 0.2) is 60.0 Å². The van der Waals surface area contributed by atoms with Crippen LogP contribution < -0.4 is 10.1 Å². The zero-order valence-electron chi connectivity index (χ0n) is 16.2. The molecule has 0 saturated carbocycles. The Bertz CT molecular complexity index is 878. The summed E-state index contributed by atoms with van der Waals surface area (Å²) in [6.07, 6.45) is 0.893. The minimum atomic E-state index is -0.123.